The molecule has 6 heteroatoms. The minimum atomic E-state index is -1.08. The van der Waals surface area contributed by atoms with E-state index in [9.17, 15) is 9.18 Å². The Hall–Kier alpha value is -1.43. The smallest absolute Gasteiger partial charge is 0.339 e. The van der Waals surface area contributed by atoms with Gasteiger partial charge in [0.05, 0.1) is 11.7 Å². The van der Waals surface area contributed by atoms with E-state index in [1.807, 2.05) is 0 Å². The van der Waals surface area contributed by atoms with Crippen LogP contribution >= 0.6 is 15.9 Å². The van der Waals surface area contributed by atoms with Gasteiger partial charge >= 0.3 is 5.97 Å². The molecular formula is C8H4BrFN2O2. The van der Waals surface area contributed by atoms with Gasteiger partial charge in [-0.1, -0.05) is 0 Å². The molecule has 0 saturated carbocycles. The average Bonchev–Trinajstić information content (AvgIpc) is 2.55. The number of fused-ring (bicyclic) bond motifs is 1. The van der Waals surface area contributed by atoms with Crippen LogP contribution in [0.15, 0.2) is 22.9 Å². The summed E-state index contributed by atoms with van der Waals surface area (Å²) in [5, 5.41) is 12.5. The van der Waals surface area contributed by atoms with Crippen LogP contribution in [0.2, 0.25) is 0 Å². The van der Waals surface area contributed by atoms with E-state index in [2.05, 4.69) is 21.0 Å². The number of aromatic nitrogens is 2. The van der Waals surface area contributed by atoms with Gasteiger partial charge in [0.1, 0.15) is 10.2 Å². The predicted molar refractivity (Wildman–Crippen MR) is 49.8 cm³/mol. The van der Waals surface area contributed by atoms with Crippen molar-refractivity contribution < 1.29 is 14.3 Å². The van der Waals surface area contributed by atoms with E-state index in [4.69, 9.17) is 5.11 Å². The Bertz CT molecular complexity index is 523. The first-order valence-corrected chi connectivity index (χ1v) is 4.45. The maximum atomic E-state index is 13.0. The van der Waals surface area contributed by atoms with Crippen molar-refractivity contribution >= 4 is 27.4 Å². The van der Waals surface area contributed by atoms with Gasteiger partial charge in [0.15, 0.2) is 5.82 Å². The Morgan fingerprint density at radius 2 is 2.29 bits per heavy atom. The van der Waals surface area contributed by atoms with Gasteiger partial charge < -0.3 is 5.11 Å². The lowest BCUT2D eigenvalue weighted by Gasteiger charge is -1.98. The van der Waals surface area contributed by atoms with Crippen molar-refractivity contribution in [2.24, 2.45) is 0 Å². The highest BCUT2D eigenvalue weighted by Crippen LogP contribution is 2.19. The molecule has 0 bridgehead atoms. The molecular weight excluding hydrogens is 255 g/mol. The van der Waals surface area contributed by atoms with Crippen LogP contribution in [0.25, 0.3) is 5.52 Å². The fraction of sp³-hybridized carbons (Fsp3) is 0. The summed E-state index contributed by atoms with van der Waals surface area (Å²) < 4.78 is 14.3. The SMILES string of the molecule is O=C(O)c1cnn2c(Br)c(F)ccc12. The van der Waals surface area contributed by atoms with Crippen LogP contribution in [0.1, 0.15) is 10.4 Å². The predicted octanol–water partition coefficient (Wildman–Crippen LogP) is 1.93. The summed E-state index contributed by atoms with van der Waals surface area (Å²) >= 11 is 2.98. The fourth-order valence-corrected chi connectivity index (χ4v) is 1.58. The summed E-state index contributed by atoms with van der Waals surface area (Å²) in [4.78, 5) is 10.7. The number of pyridine rings is 1. The first kappa shape index (κ1) is 9.14. The normalized spacial score (nSPS) is 10.7. The van der Waals surface area contributed by atoms with Gasteiger partial charge in [0.2, 0.25) is 0 Å². The van der Waals surface area contributed by atoms with Crippen molar-refractivity contribution in [3.8, 4) is 0 Å². The molecule has 72 valence electrons. The number of hydrogen-bond donors (Lipinski definition) is 1. The molecule has 0 aliphatic heterocycles. The summed E-state index contributed by atoms with van der Waals surface area (Å²) in [6.07, 6.45) is 1.18. The second kappa shape index (κ2) is 3.06. The van der Waals surface area contributed by atoms with Crippen molar-refractivity contribution in [1.29, 1.82) is 0 Å². The van der Waals surface area contributed by atoms with E-state index in [1.165, 1.54) is 22.8 Å². The van der Waals surface area contributed by atoms with Crippen LogP contribution in [0, 0.1) is 5.82 Å². The molecule has 0 aliphatic rings. The quantitative estimate of drug-likeness (QED) is 0.796. The minimum absolute atomic E-state index is 0.0469. The Labute approximate surface area is 86.1 Å². The van der Waals surface area contributed by atoms with Crippen molar-refractivity contribution in [3.05, 3.63) is 34.3 Å². The number of carboxylic acids is 1. The lowest BCUT2D eigenvalue weighted by Crippen LogP contribution is -1.97. The number of hydrogen-bond acceptors (Lipinski definition) is 2. The number of rotatable bonds is 1. The maximum absolute atomic E-state index is 13.0. The molecule has 0 amide bonds. The highest BCUT2D eigenvalue weighted by atomic mass is 79.9. The van der Waals surface area contributed by atoms with E-state index in [-0.39, 0.29) is 10.2 Å². The van der Waals surface area contributed by atoms with Gasteiger partial charge in [0, 0.05) is 0 Å². The van der Waals surface area contributed by atoms with Crippen LogP contribution in [0.3, 0.4) is 0 Å². The molecule has 2 rings (SSSR count). The second-order valence-corrected chi connectivity index (χ2v) is 3.38. The highest BCUT2D eigenvalue weighted by Gasteiger charge is 2.13. The van der Waals surface area contributed by atoms with Gasteiger partial charge in [0.25, 0.3) is 0 Å². The van der Waals surface area contributed by atoms with E-state index in [1.54, 1.807) is 0 Å². The Balaban J connectivity index is 2.83. The minimum Gasteiger partial charge on any atom is -0.478 e. The Morgan fingerprint density at radius 1 is 1.57 bits per heavy atom. The standard InChI is InChI=1S/C8H4BrFN2O2/c9-7-5(10)1-2-6-4(8(13)14)3-11-12(6)7/h1-3H,(H,13,14). The summed E-state index contributed by atoms with van der Waals surface area (Å²) in [5.41, 5.74) is 0.400. The van der Waals surface area contributed by atoms with Crippen LogP contribution < -0.4 is 0 Å². The van der Waals surface area contributed by atoms with E-state index < -0.39 is 11.8 Å². The lowest BCUT2D eigenvalue weighted by molar-refractivity contribution is 0.0699. The molecule has 0 aliphatic carbocycles. The summed E-state index contributed by atoms with van der Waals surface area (Å²) in [6.45, 7) is 0. The molecule has 2 heterocycles. The van der Waals surface area contributed by atoms with Gasteiger partial charge in [-0.25, -0.2) is 13.7 Å². The molecule has 14 heavy (non-hydrogen) atoms. The third-order valence-electron chi connectivity index (χ3n) is 1.81. The fourth-order valence-electron chi connectivity index (χ4n) is 1.16. The lowest BCUT2D eigenvalue weighted by atomic mass is 10.3. The number of aromatic carboxylic acids is 1. The molecule has 4 nitrogen and oxygen atoms in total. The average molecular weight is 259 g/mol. The van der Waals surface area contributed by atoms with Gasteiger partial charge in [-0.05, 0) is 28.1 Å². The largest absolute Gasteiger partial charge is 0.478 e. The van der Waals surface area contributed by atoms with Crippen LogP contribution in [0.5, 0.6) is 0 Å². The Morgan fingerprint density at radius 3 is 2.93 bits per heavy atom. The van der Waals surface area contributed by atoms with Crippen molar-refractivity contribution in [3.63, 3.8) is 0 Å². The number of halogens is 2. The topological polar surface area (TPSA) is 54.6 Å². The van der Waals surface area contributed by atoms with E-state index >= 15 is 0 Å². The number of carboxylic acid groups (broad SMARTS) is 1. The van der Waals surface area contributed by atoms with Gasteiger partial charge in [-0.2, -0.15) is 5.10 Å². The third kappa shape index (κ3) is 1.19. The zero-order valence-electron chi connectivity index (χ0n) is 6.74. The number of carbonyl (C=O) groups is 1. The summed E-state index contributed by atoms with van der Waals surface area (Å²) in [7, 11) is 0. The first-order chi connectivity index (χ1) is 6.61. The summed E-state index contributed by atoms with van der Waals surface area (Å²) in [6, 6.07) is 2.56. The summed E-state index contributed by atoms with van der Waals surface area (Å²) in [5.74, 6) is -1.57. The van der Waals surface area contributed by atoms with Gasteiger partial charge in [-0.15, -0.1) is 0 Å². The Kier molecular flexibility index (Phi) is 1.99. The monoisotopic (exact) mass is 258 g/mol. The molecule has 0 spiro atoms. The molecule has 0 saturated heterocycles. The van der Waals surface area contributed by atoms with Crippen molar-refractivity contribution in [2.75, 3.05) is 0 Å². The van der Waals surface area contributed by atoms with Crippen LogP contribution in [-0.2, 0) is 0 Å². The zero-order chi connectivity index (χ0) is 10.3. The molecule has 0 radical (unpaired) electrons. The first-order valence-electron chi connectivity index (χ1n) is 3.66. The van der Waals surface area contributed by atoms with Crippen LogP contribution in [-0.4, -0.2) is 20.7 Å². The van der Waals surface area contributed by atoms with E-state index in [0.29, 0.717) is 5.52 Å². The van der Waals surface area contributed by atoms with Gasteiger partial charge in [-0.3, -0.25) is 0 Å². The molecule has 0 aromatic carbocycles. The van der Waals surface area contributed by atoms with Crippen LogP contribution in [0.4, 0.5) is 4.39 Å². The highest BCUT2D eigenvalue weighted by molar-refractivity contribution is 9.10. The van der Waals surface area contributed by atoms with E-state index in [0.717, 1.165) is 0 Å². The zero-order valence-corrected chi connectivity index (χ0v) is 8.32. The molecule has 2 aromatic rings. The van der Waals surface area contributed by atoms with Crippen molar-refractivity contribution in [1.82, 2.24) is 9.61 Å². The van der Waals surface area contributed by atoms with Crippen molar-refractivity contribution in [2.45, 2.75) is 0 Å². The second-order valence-electron chi connectivity index (χ2n) is 2.63. The number of nitrogens with zero attached hydrogens (tertiary/aromatic N) is 2. The third-order valence-corrected chi connectivity index (χ3v) is 2.52. The molecule has 0 unspecified atom stereocenters. The molecule has 2 aromatic heterocycles. The molecule has 1 N–H and O–H groups in total. The maximum Gasteiger partial charge on any atom is 0.339 e. The molecule has 0 atom stereocenters. The molecule has 0 fully saturated rings.